The number of rotatable bonds is 8. The zero-order chi connectivity index (χ0) is 54.3. The lowest BCUT2D eigenvalue weighted by molar-refractivity contribution is -0.138. The van der Waals surface area contributed by atoms with Crippen molar-refractivity contribution in [2.24, 2.45) is 10.9 Å². The monoisotopic (exact) mass is 1130 g/mol. The molecule has 0 unspecified atom stereocenters. The van der Waals surface area contributed by atoms with Gasteiger partial charge in [-0.25, -0.2) is 29.9 Å². The van der Waals surface area contributed by atoms with Crippen molar-refractivity contribution < 1.29 is 58.3 Å². The summed E-state index contributed by atoms with van der Waals surface area (Å²) in [5.74, 6) is 0.304. The lowest BCUT2D eigenvalue weighted by atomic mass is 10.2. The van der Waals surface area contributed by atoms with Gasteiger partial charge in [0.2, 0.25) is 17.5 Å². The molecule has 26 nitrogen and oxygen atoms in total. The van der Waals surface area contributed by atoms with Crippen LogP contribution >= 0.6 is 15.9 Å². The first kappa shape index (κ1) is 56.5. The van der Waals surface area contributed by atoms with Crippen LogP contribution in [0.5, 0.6) is 0 Å². The number of pyridine rings is 3. The third kappa shape index (κ3) is 16.1. The Kier molecular flexibility index (Phi) is 18.5. The van der Waals surface area contributed by atoms with Crippen LogP contribution in [-0.4, -0.2) is 86.3 Å². The molecule has 0 aliphatic rings. The average molecular weight is 1130 g/mol. The minimum absolute atomic E-state index is 0. The van der Waals surface area contributed by atoms with Crippen LogP contribution in [0.25, 0.3) is 34.6 Å². The Hall–Kier alpha value is -10.4. The van der Waals surface area contributed by atoms with Crippen molar-refractivity contribution in [3.63, 3.8) is 0 Å². The minimum atomic E-state index is -4.48. The summed E-state index contributed by atoms with van der Waals surface area (Å²) in [4.78, 5) is 45.5. The quantitative estimate of drug-likeness (QED) is 0.0318. The van der Waals surface area contributed by atoms with Crippen LogP contribution in [0.2, 0.25) is 0 Å². The highest BCUT2D eigenvalue weighted by Crippen LogP contribution is 2.32. The summed E-state index contributed by atoms with van der Waals surface area (Å²) in [5.41, 5.74) is 8.93. The number of nitrogens with two attached hydrogens (primary N) is 2. The molecule has 7 N–H and O–H groups in total. The summed E-state index contributed by atoms with van der Waals surface area (Å²) in [7, 11) is 0. The fourth-order valence-electron chi connectivity index (χ4n) is 4.79. The molecule has 9 heterocycles. The van der Waals surface area contributed by atoms with Gasteiger partial charge in [-0.15, -0.1) is 0 Å². The van der Waals surface area contributed by atoms with E-state index in [1.54, 1.807) is 0 Å². The van der Waals surface area contributed by atoms with E-state index >= 15 is 0 Å². The van der Waals surface area contributed by atoms with Crippen molar-refractivity contribution >= 4 is 51.4 Å². The van der Waals surface area contributed by atoms with E-state index in [2.05, 4.69) is 112 Å². The average Bonchev–Trinajstić information content (AvgIpc) is 4.19. The first-order chi connectivity index (χ1) is 35.6. The van der Waals surface area contributed by atoms with Crippen molar-refractivity contribution in [1.29, 1.82) is 10.5 Å². The van der Waals surface area contributed by atoms with E-state index < -0.39 is 35.2 Å². The van der Waals surface area contributed by atoms with E-state index in [1.807, 2.05) is 12.1 Å². The van der Waals surface area contributed by atoms with Gasteiger partial charge in [0.05, 0.1) is 53.9 Å². The molecule has 0 aromatic carbocycles. The molecule has 9 rings (SSSR count). The molecule has 0 fully saturated rings. The summed E-state index contributed by atoms with van der Waals surface area (Å²) >= 11 is 3.09. The zero-order valence-corrected chi connectivity index (χ0v) is 37.9. The number of nitrogens with one attached hydrogen (secondary N) is 2. The Morgan fingerprint density at radius 2 is 0.947 bits per heavy atom. The molecule has 0 radical (unpaired) electrons. The molecule has 36 heteroatoms. The number of hydrogen-bond acceptors (Lipinski definition) is 25. The second-order valence-corrected chi connectivity index (χ2v) is 14.2. The van der Waals surface area contributed by atoms with Crippen LogP contribution in [0.4, 0.5) is 69.2 Å². The molecule has 0 aliphatic carbocycles. The number of aromatic nitrogens is 15. The van der Waals surface area contributed by atoms with E-state index in [1.165, 1.54) is 37.2 Å². The SMILES string of the molecule is C.N#Cc1cnc(Br)cn1.N#Cc1cnc(Nc2nc(-c3ccc(C(F)(F)F)cn3)no2)cn1.N/C(=N\O)c1cnc(Nc2nc(-c3ccc(C(F)(F)F)cn3)no2)cn1.Nc1nc(-c2ccc(C(F)(F)F)cn2)no1. The Bertz CT molecular complexity index is 3400. The van der Waals surface area contributed by atoms with E-state index in [4.69, 9.17) is 36.2 Å². The summed E-state index contributed by atoms with van der Waals surface area (Å²) in [6.07, 6.45) is -3.36. The molecular formula is C40H26BrF9N22O4. The Morgan fingerprint density at radius 3 is 1.26 bits per heavy atom. The third-order valence-corrected chi connectivity index (χ3v) is 8.66. The Balaban J connectivity index is 0.000000197. The van der Waals surface area contributed by atoms with Crippen LogP contribution in [-0.2, 0) is 18.5 Å². The van der Waals surface area contributed by atoms with Gasteiger partial charge in [-0.2, -0.15) is 65.0 Å². The lowest BCUT2D eigenvalue weighted by Gasteiger charge is -2.05. The Labute approximate surface area is 425 Å². The molecule has 0 amide bonds. The predicted molar refractivity (Wildman–Crippen MR) is 241 cm³/mol. The summed E-state index contributed by atoms with van der Waals surface area (Å²) in [6.45, 7) is 0. The summed E-state index contributed by atoms with van der Waals surface area (Å²) < 4.78 is 127. The van der Waals surface area contributed by atoms with Gasteiger partial charge in [-0.05, 0) is 52.3 Å². The van der Waals surface area contributed by atoms with E-state index in [-0.39, 0.29) is 88.9 Å². The van der Waals surface area contributed by atoms with Gasteiger partial charge in [-0.3, -0.25) is 25.6 Å². The number of alkyl halides is 9. The number of halogens is 10. The molecule has 0 saturated heterocycles. The van der Waals surface area contributed by atoms with Gasteiger partial charge in [0.1, 0.15) is 39.5 Å². The topological polar surface area (TPSA) is 389 Å². The molecule has 390 valence electrons. The van der Waals surface area contributed by atoms with E-state index in [9.17, 15) is 39.5 Å². The first-order valence-corrected chi connectivity index (χ1v) is 20.2. The van der Waals surface area contributed by atoms with Gasteiger partial charge < -0.3 is 30.2 Å². The van der Waals surface area contributed by atoms with Gasteiger partial charge >= 0.3 is 36.6 Å². The molecule has 9 aromatic rings. The van der Waals surface area contributed by atoms with Crippen molar-refractivity contribution in [3.8, 4) is 46.7 Å². The maximum absolute atomic E-state index is 12.5. The number of anilines is 5. The standard InChI is InChI=1S/C13H9F3N8O2.C13H6F3N7O.C8H5F3N4O.C5H2BrN3.CH4/c14-13(15,16)6-1-2-7(18-3-6)11-22-12(26-24-11)21-9-5-19-8(4-20-9)10(17)23-25;14-13(15,16)7-1-2-9(19-4-7)11-22-12(24-23-11)21-10-6-18-8(3-17)5-20-10;9-8(10,11)4-1-2-5(13-3-4)6-14-7(12)16-15-6;6-5-3-8-4(1-7)2-9-5;/h1-5,25H,(H2,17,23)(H,20,21,22,24);1-2,4-6H,(H,20,21,22,23);1-3H,(H2,12,14,15);2-3H;1H4. The molecule has 0 aliphatic heterocycles. The van der Waals surface area contributed by atoms with Crippen molar-refractivity contribution in [1.82, 2.24) is 75.3 Å². The lowest BCUT2D eigenvalue weighted by Crippen LogP contribution is -2.15. The third-order valence-electron chi connectivity index (χ3n) is 8.25. The molecule has 9 aromatic heterocycles. The highest BCUT2D eigenvalue weighted by atomic mass is 79.9. The molecule has 0 bridgehead atoms. The second-order valence-electron chi connectivity index (χ2n) is 13.3. The van der Waals surface area contributed by atoms with Crippen molar-refractivity contribution in [2.45, 2.75) is 26.0 Å². The fraction of sp³-hybridized carbons (Fsp3) is 0.100. The van der Waals surface area contributed by atoms with Gasteiger partial charge in [0, 0.05) is 18.6 Å². The Morgan fingerprint density at radius 1 is 0.539 bits per heavy atom. The van der Waals surface area contributed by atoms with Crippen LogP contribution < -0.4 is 22.1 Å². The van der Waals surface area contributed by atoms with Crippen LogP contribution in [0.15, 0.2) is 115 Å². The molecular weight excluding hydrogens is 1100 g/mol. The number of nitriles is 2. The molecule has 0 saturated carbocycles. The highest BCUT2D eigenvalue weighted by Gasteiger charge is 2.32. The van der Waals surface area contributed by atoms with Crippen molar-refractivity contribution in [2.75, 3.05) is 16.4 Å². The van der Waals surface area contributed by atoms with Crippen LogP contribution in [0, 0.1) is 22.7 Å². The zero-order valence-electron chi connectivity index (χ0n) is 36.3. The largest absolute Gasteiger partial charge is 0.417 e. The predicted octanol–water partition coefficient (Wildman–Crippen LogP) is 7.81. The smallest absolute Gasteiger partial charge is 0.409 e. The number of amidine groups is 1. The minimum Gasteiger partial charge on any atom is -0.409 e. The molecule has 0 spiro atoms. The first-order valence-electron chi connectivity index (χ1n) is 19.4. The van der Waals surface area contributed by atoms with Gasteiger partial charge in [0.25, 0.3) is 0 Å². The van der Waals surface area contributed by atoms with Gasteiger partial charge in [0.15, 0.2) is 28.9 Å². The maximum atomic E-state index is 12.5. The number of oxime groups is 1. The van der Waals surface area contributed by atoms with Crippen LogP contribution in [0.3, 0.4) is 0 Å². The summed E-state index contributed by atoms with van der Waals surface area (Å²) in [6, 6.07) is 9.41. The van der Waals surface area contributed by atoms with Crippen molar-refractivity contribution in [3.05, 3.63) is 131 Å². The fourth-order valence-corrected chi connectivity index (χ4v) is 5.00. The van der Waals surface area contributed by atoms with E-state index in [0.29, 0.717) is 28.9 Å². The van der Waals surface area contributed by atoms with E-state index in [0.717, 1.165) is 36.4 Å². The summed E-state index contributed by atoms with van der Waals surface area (Å²) in [5, 5.41) is 44.2. The van der Waals surface area contributed by atoms with Crippen LogP contribution in [0.1, 0.15) is 41.2 Å². The second kappa shape index (κ2) is 24.8. The van der Waals surface area contributed by atoms with Gasteiger partial charge in [-0.1, -0.05) is 28.1 Å². The maximum Gasteiger partial charge on any atom is 0.417 e. The molecule has 76 heavy (non-hydrogen) atoms. The number of nitrogen functional groups attached to an aromatic ring is 1. The molecule has 0 atom stereocenters. The normalized spacial score (nSPS) is 11.1. The highest BCUT2D eigenvalue weighted by molar-refractivity contribution is 9.10. The number of hydrogen-bond donors (Lipinski definition) is 5. The number of nitrogens with zero attached hydrogens (tertiary/aromatic N) is 18.